The summed E-state index contributed by atoms with van der Waals surface area (Å²) in [6.45, 7) is 1.78. The molecule has 5 heteroatoms. The van der Waals surface area contributed by atoms with E-state index in [-0.39, 0.29) is 5.91 Å². The molecule has 1 aliphatic heterocycles. The second kappa shape index (κ2) is 7.88. The molecule has 0 bridgehead atoms. The Morgan fingerprint density at radius 1 is 1.17 bits per heavy atom. The summed E-state index contributed by atoms with van der Waals surface area (Å²) >= 11 is 0. The van der Waals surface area contributed by atoms with Gasteiger partial charge >= 0.3 is 0 Å². The van der Waals surface area contributed by atoms with E-state index in [1.54, 1.807) is 12.1 Å². The van der Waals surface area contributed by atoms with E-state index in [0.29, 0.717) is 48.8 Å². The molecule has 1 amide bonds. The summed E-state index contributed by atoms with van der Waals surface area (Å²) in [7, 11) is 4.21. The van der Waals surface area contributed by atoms with Gasteiger partial charge in [0.1, 0.15) is 13.2 Å². The summed E-state index contributed by atoms with van der Waals surface area (Å²) in [4.78, 5) is 14.8. The summed E-state index contributed by atoms with van der Waals surface area (Å²) in [5.74, 6) is 2.00. The number of hydrogen-bond donors (Lipinski definition) is 1. The third kappa shape index (κ3) is 4.01. The maximum Gasteiger partial charge on any atom is 0.251 e. The van der Waals surface area contributed by atoms with Gasteiger partial charge in [0.15, 0.2) is 11.5 Å². The molecule has 3 rings (SSSR count). The third-order valence-electron chi connectivity index (χ3n) is 5.13. The van der Waals surface area contributed by atoms with Crippen LogP contribution in [-0.4, -0.2) is 50.7 Å². The number of benzene rings is 1. The van der Waals surface area contributed by atoms with Crippen molar-refractivity contribution < 1.29 is 14.3 Å². The quantitative estimate of drug-likeness (QED) is 0.901. The molecule has 1 atom stereocenters. The van der Waals surface area contributed by atoms with Gasteiger partial charge in [0.2, 0.25) is 0 Å². The van der Waals surface area contributed by atoms with Gasteiger partial charge in [0.05, 0.1) is 0 Å². The second-order valence-electron chi connectivity index (χ2n) is 7.00. The Morgan fingerprint density at radius 2 is 1.88 bits per heavy atom. The van der Waals surface area contributed by atoms with Crippen LogP contribution < -0.4 is 14.8 Å². The molecule has 132 valence electrons. The third-order valence-corrected chi connectivity index (χ3v) is 5.13. The van der Waals surface area contributed by atoms with Crippen molar-refractivity contribution in [2.75, 3.05) is 33.9 Å². The molecule has 1 aliphatic carbocycles. The molecule has 5 nitrogen and oxygen atoms in total. The summed E-state index contributed by atoms with van der Waals surface area (Å²) in [6, 6.07) is 5.78. The second-order valence-corrected chi connectivity index (χ2v) is 7.00. The molecule has 1 unspecified atom stereocenters. The van der Waals surface area contributed by atoms with Gasteiger partial charge < -0.3 is 19.7 Å². The minimum atomic E-state index is -0.0466. The molecule has 0 spiro atoms. The lowest BCUT2D eigenvalue weighted by atomic mass is 9.83. The molecule has 1 aromatic rings. The molecule has 0 radical (unpaired) electrons. The lowest BCUT2D eigenvalue weighted by molar-refractivity contribution is 0.0920. The predicted octanol–water partition coefficient (Wildman–Crippen LogP) is 2.70. The number of fused-ring (bicyclic) bond motifs is 1. The first-order valence-corrected chi connectivity index (χ1v) is 8.99. The molecule has 1 N–H and O–H groups in total. The summed E-state index contributed by atoms with van der Waals surface area (Å²) in [5, 5.41) is 3.11. The van der Waals surface area contributed by atoms with Gasteiger partial charge in [-0.05, 0) is 51.1 Å². The van der Waals surface area contributed by atoms with E-state index in [4.69, 9.17) is 9.47 Å². The van der Waals surface area contributed by atoms with Crippen LogP contribution in [0, 0.1) is 5.92 Å². The predicted molar refractivity (Wildman–Crippen MR) is 93.8 cm³/mol. The van der Waals surface area contributed by atoms with Crippen molar-refractivity contribution >= 4 is 5.91 Å². The van der Waals surface area contributed by atoms with E-state index in [2.05, 4.69) is 24.3 Å². The zero-order valence-electron chi connectivity index (χ0n) is 14.7. The Morgan fingerprint density at radius 3 is 2.58 bits per heavy atom. The maximum atomic E-state index is 12.5. The van der Waals surface area contributed by atoms with Crippen molar-refractivity contribution in [1.29, 1.82) is 0 Å². The van der Waals surface area contributed by atoms with Crippen LogP contribution in [0.3, 0.4) is 0 Å². The summed E-state index contributed by atoms with van der Waals surface area (Å²) in [6.07, 6.45) is 6.50. The molecular weight excluding hydrogens is 304 g/mol. The van der Waals surface area contributed by atoms with Crippen LogP contribution in [0.15, 0.2) is 18.2 Å². The number of likely N-dealkylation sites (N-methyl/N-ethyl adjacent to an activating group) is 1. The van der Waals surface area contributed by atoms with Gasteiger partial charge in [-0.3, -0.25) is 4.79 Å². The maximum absolute atomic E-state index is 12.5. The topological polar surface area (TPSA) is 50.8 Å². The smallest absolute Gasteiger partial charge is 0.251 e. The van der Waals surface area contributed by atoms with Gasteiger partial charge in [-0.15, -0.1) is 0 Å². The van der Waals surface area contributed by atoms with Gasteiger partial charge in [-0.2, -0.15) is 0 Å². The van der Waals surface area contributed by atoms with Crippen LogP contribution in [0.5, 0.6) is 11.5 Å². The summed E-state index contributed by atoms with van der Waals surface area (Å²) < 4.78 is 11.1. The van der Waals surface area contributed by atoms with E-state index >= 15 is 0 Å². The number of rotatable bonds is 5. The largest absolute Gasteiger partial charge is 0.486 e. The van der Waals surface area contributed by atoms with Crippen LogP contribution in [0.2, 0.25) is 0 Å². The molecule has 0 aromatic heterocycles. The van der Waals surface area contributed by atoms with E-state index in [0.717, 1.165) is 0 Å². The van der Waals surface area contributed by atoms with Crippen LogP contribution >= 0.6 is 0 Å². The lowest BCUT2D eigenvalue weighted by Gasteiger charge is -2.35. The monoisotopic (exact) mass is 332 g/mol. The van der Waals surface area contributed by atoms with E-state index in [1.807, 2.05) is 6.07 Å². The van der Waals surface area contributed by atoms with E-state index in [1.165, 1.54) is 32.1 Å². The number of carbonyl (C=O) groups is 1. The first kappa shape index (κ1) is 17.1. The number of nitrogens with one attached hydrogen (secondary N) is 1. The number of amides is 1. The Balaban J connectivity index is 1.61. The zero-order valence-corrected chi connectivity index (χ0v) is 14.7. The van der Waals surface area contributed by atoms with Crippen molar-refractivity contribution in [3.05, 3.63) is 23.8 Å². The van der Waals surface area contributed by atoms with Crippen molar-refractivity contribution in [3.63, 3.8) is 0 Å². The standard InChI is InChI=1S/C19H28N2O3/c1-21(2)16(14-6-4-3-5-7-14)13-20-19(22)15-8-9-17-18(12-15)24-11-10-23-17/h8-9,12,14,16H,3-7,10-11,13H2,1-2H3,(H,20,22). The Kier molecular flexibility index (Phi) is 5.61. The van der Waals surface area contributed by atoms with Gasteiger partial charge in [-0.1, -0.05) is 19.3 Å². The normalized spacial score (nSPS) is 19.1. The minimum absolute atomic E-state index is 0.0466. The number of nitrogens with zero attached hydrogens (tertiary/aromatic N) is 1. The van der Waals surface area contributed by atoms with Crippen LogP contribution in [-0.2, 0) is 0 Å². The van der Waals surface area contributed by atoms with Gasteiger partial charge in [0, 0.05) is 18.2 Å². The highest BCUT2D eigenvalue weighted by atomic mass is 16.6. The molecular formula is C19H28N2O3. The first-order valence-electron chi connectivity index (χ1n) is 8.99. The Hall–Kier alpha value is -1.75. The molecule has 1 aromatic carbocycles. The van der Waals surface area contributed by atoms with Crippen molar-refractivity contribution in [2.45, 2.75) is 38.1 Å². The molecule has 24 heavy (non-hydrogen) atoms. The highest BCUT2D eigenvalue weighted by Gasteiger charge is 2.26. The zero-order chi connectivity index (χ0) is 16.9. The molecule has 0 saturated heterocycles. The van der Waals surface area contributed by atoms with Crippen molar-refractivity contribution in [3.8, 4) is 11.5 Å². The van der Waals surface area contributed by atoms with E-state index in [9.17, 15) is 4.79 Å². The van der Waals surface area contributed by atoms with E-state index < -0.39 is 0 Å². The minimum Gasteiger partial charge on any atom is -0.486 e. The Labute approximate surface area is 144 Å². The lowest BCUT2D eigenvalue weighted by Crippen LogP contribution is -2.45. The number of ether oxygens (including phenoxy) is 2. The Bertz CT molecular complexity index is 568. The average molecular weight is 332 g/mol. The highest BCUT2D eigenvalue weighted by Crippen LogP contribution is 2.31. The molecule has 1 heterocycles. The number of carbonyl (C=O) groups excluding carboxylic acids is 1. The SMILES string of the molecule is CN(C)C(CNC(=O)c1ccc2c(c1)OCCO2)C1CCCCC1. The van der Waals surface area contributed by atoms with Crippen molar-refractivity contribution in [1.82, 2.24) is 10.2 Å². The molecule has 1 fully saturated rings. The average Bonchev–Trinajstić information content (AvgIpc) is 2.62. The van der Waals surface area contributed by atoms with Crippen LogP contribution in [0.1, 0.15) is 42.5 Å². The fourth-order valence-corrected chi connectivity index (χ4v) is 3.77. The first-order chi connectivity index (χ1) is 11.6. The van der Waals surface area contributed by atoms with Gasteiger partial charge in [-0.25, -0.2) is 0 Å². The molecule has 1 saturated carbocycles. The molecule has 2 aliphatic rings. The fraction of sp³-hybridized carbons (Fsp3) is 0.632. The highest BCUT2D eigenvalue weighted by molar-refractivity contribution is 5.94. The van der Waals surface area contributed by atoms with Gasteiger partial charge in [0.25, 0.3) is 5.91 Å². The summed E-state index contributed by atoms with van der Waals surface area (Å²) in [5.41, 5.74) is 0.625. The van der Waals surface area contributed by atoms with Crippen molar-refractivity contribution in [2.24, 2.45) is 5.92 Å². The fourth-order valence-electron chi connectivity index (χ4n) is 3.77. The van der Waals surface area contributed by atoms with Crippen LogP contribution in [0.25, 0.3) is 0 Å². The van der Waals surface area contributed by atoms with Crippen LogP contribution in [0.4, 0.5) is 0 Å². The number of hydrogen-bond acceptors (Lipinski definition) is 4.